The first kappa shape index (κ1) is 27.2. The lowest BCUT2D eigenvalue weighted by molar-refractivity contribution is -0.137. The summed E-state index contributed by atoms with van der Waals surface area (Å²) in [5.41, 5.74) is 11.0. The summed E-state index contributed by atoms with van der Waals surface area (Å²) in [5, 5.41) is 4.43. The van der Waals surface area contributed by atoms with E-state index in [1.807, 2.05) is 25.1 Å². The lowest BCUT2D eigenvalue weighted by Crippen LogP contribution is -2.47. The highest BCUT2D eigenvalue weighted by Crippen LogP contribution is 2.29. The van der Waals surface area contributed by atoms with Crippen molar-refractivity contribution in [1.29, 1.82) is 0 Å². The highest BCUT2D eigenvalue weighted by molar-refractivity contribution is 5.90. The van der Waals surface area contributed by atoms with Crippen molar-refractivity contribution in [3.05, 3.63) is 76.1 Å². The van der Waals surface area contributed by atoms with Crippen molar-refractivity contribution in [2.45, 2.75) is 52.2 Å². The van der Waals surface area contributed by atoms with Gasteiger partial charge in [0.05, 0.1) is 13.1 Å². The molecule has 40 heavy (non-hydrogen) atoms. The standard InChI is InChI=1S/C31H32FN3O5/c1-17-4-11-26-24(12-17)29-18(2)5-6-21(20-7-9-22(32)10-8-20)13-27(30(29)40-26)39-23-14-25(31(33)38)35(16-23)28(37)15-34-19(3)36/h4,7-13,23,25H,5-6,14-16H2,1-3H3,(H2,33,38)(H,34,36). The summed E-state index contributed by atoms with van der Waals surface area (Å²) in [5.74, 6) is -1.26. The van der Waals surface area contributed by atoms with E-state index in [-0.39, 0.29) is 31.2 Å². The molecule has 2 atom stereocenters. The predicted octanol–water partition coefficient (Wildman–Crippen LogP) is 2.64. The fourth-order valence-corrected chi connectivity index (χ4v) is 5.44. The fourth-order valence-electron chi connectivity index (χ4n) is 5.44. The molecule has 9 heteroatoms. The van der Waals surface area contributed by atoms with Crippen molar-refractivity contribution >= 4 is 45.6 Å². The number of furan rings is 1. The lowest BCUT2D eigenvalue weighted by atomic mass is 9.95. The van der Waals surface area contributed by atoms with Crippen LogP contribution in [0.15, 0.2) is 53.0 Å². The second kappa shape index (κ2) is 11.0. The number of benzene rings is 2. The van der Waals surface area contributed by atoms with Gasteiger partial charge in [-0.1, -0.05) is 29.3 Å². The molecule has 3 aromatic rings. The van der Waals surface area contributed by atoms with E-state index in [0.29, 0.717) is 17.6 Å². The second-order valence-corrected chi connectivity index (χ2v) is 10.5. The van der Waals surface area contributed by atoms with E-state index >= 15 is 0 Å². The summed E-state index contributed by atoms with van der Waals surface area (Å²) in [6.07, 6.45) is 3.02. The molecule has 1 fully saturated rings. The van der Waals surface area contributed by atoms with Crippen LogP contribution in [0.2, 0.25) is 0 Å². The molecule has 0 saturated carbocycles. The molecule has 5 rings (SSSR count). The van der Waals surface area contributed by atoms with Gasteiger partial charge in [0.1, 0.15) is 23.5 Å². The van der Waals surface area contributed by atoms with Gasteiger partial charge in [-0.3, -0.25) is 14.4 Å². The third-order valence-electron chi connectivity index (χ3n) is 7.48. The molecule has 0 bridgehead atoms. The number of nitrogens with one attached hydrogen (secondary N) is 1. The zero-order valence-electron chi connectivity index (χ0n) is 22.8. The maximum atomic E-state index is 13.7. The number of halogens is 1. The lowest BCUT2D eigenvalue weighted by Gasteiger charge is -2.22. The zero-order valence-corrected chi connectivity index (χ0v) is 22.8. The van der Waals surface area contributed by atoms with Gasteiger partial charge in [-0.2, -0.15) is 0 Å². The Hall–Kier alpha value is -4.40. The van der Waals surface area contributed by atoms with Crippen LogP contribution >= 0.6 is 0 Å². The number of rotatable bonds is 6. The van der Waals surface area contributed by atoms with Gasteiger partial charge in [0.15, 0.2) is 11.2 Å². The number of allylic oxidation sites excluding steroid dienone is 1. The van der Waals surface area contributed by atoms with Crippen LogP contribution in [0, 0.1) is 12.7 Å². The van der Waals surface area contributed by atoms with Crippen LogP contribution in [0.4, 0.5) is 4.39 Å². The Kier molecular flexibility index (Phi) is 7.47. The normalized spacial score (nSPS) is 19.1. The van der Waals surface area contributed by atoms with Crippen molar-refractivity contribution in [2.24, 2.45) is 5.73 Å². The van der Waals surface area contributed by atoms with Gasteiger partial charge < -0.3 is 25.1 Å². The Morgan fingerprint density at radius 1 is 1.12 bits per heavy atom. The highest BCUT2D eigenvalue weighted by atomic mass is 19.1. The van der Waals surface area contributed by atoms with E-state index in [1.54, 1.807) is 12.1 Å². The molecule has 2 aliphatic rings. The smallest absolute Gasteiger partial charge is 0.242 e. The average Bonchev–Trinajstić information content (AvgIpc) is 3.50. The minimum absolute atomic E-state index is 0.118. The number of hydrogen-bond donors (Lipinski definition) is 2. The van der Waals surface area contributed by atoms with Gasteiger partial charge >= 0.3 is 0 Å². The van der Waals surface area contributed by atoms with Crippen LogP contribution in [0.1, 0.15) is 44.2 Å². The average molecular weight is 546 g/mol. The maximum absolute atomic E-state index is 13.7. The molecule has 8 nitrogen and oxygen atoms in total. The number of carbonyl (C=O) groups excluding carboxylic acids is 3. The molecular formula is C31H32FN3O5. The summed E-state index contributed by atoms with van der Waals surface area (Å²) in [6.45, 7) is 5.30. The van der Waals surface area contributed by atoms with Crippen molar-refractivity contribution in [3.8, 4) is 0 Å². The van der Waals surface area contributed by atoms with Crippen molar-refractivity contribution in [3.63, 3.8) is 0 Å². The first-order chi connectivity index (χ1) is 19.1. The molecule has 3 amide bonds. The predicted molar refractivity (Wildman–Crippen MR) is 149 cm³/mol. The number of fused-ring (bicyclic) bond motifs is 3. The van der Waals surface area contributed by atoms with E-state index in [2.05, 4.69) is 18.3 Å². The first-order valence-corrected chi connectivity index (χ1v) is 13.3. The third-order valence-corrected chi connectivity index (χ3v) is 7.48. The van der Waals surface area contributed by atoms with Gasteiger partial charge in [0.25, 0.3) is 0 Å². The molecule has 208 valence electrons. The number of amides is 3. The largest absolute Gasteiger partial charge is 0.485 e. The van der Waals surface area contributed by atoms with E-state index in [9.17, 15) is 18.8 Å². The number of hydrogen-bond acceptors (Lipinski definition) is 5. The molecular weight excluding hydrogens is 513 g/mol. The third kappa shape index (κ3) is 5.50. The van der Waals surface area contributed by atoms with E-state index in [4.69, 9.17) is 14.9 Å². The molecule has 0 spiro atoms. The Bertz CT molecular complexity index is 1650. The quantitative estimate of drug-likeness (QED) is 0.494. The molecule has 1 aliphatic heterocycles. The molecule has 2 aromatic carbocycles. The molecule has 2 unspecified atom stereocenters. The molecule has 0 radical (unpaired) electrons. The minimum atomic E-state index is -0.868. The Morgan fingerprint density at radius 3 is 2.58 bits per heavy atom. The van der Waals surface area contributed by atoms with Crippen LogP contribution in [-0.2, 0) is 19.1 Å². The summed E-state index contributed by atoms with van der Waals surface area (Å²) in [7, 11) is 0. The van der Waals surface area contributed by atoms with Gasteiger partial charge in [-0.15, -0.1) is 0 Å². The van der Waals surface area contributed by atoms with E-state index in [1.165, 1.54) is 24.0 Å². The molecule has 2 heterocycles. The molecule has 1 saturated heterocycles. The second-order valence-electron chi connectivity index (χ2n) is 10.5. The zero-order chi connectivity index (χ0) is 28.6. The number of carbonyl (C=O) groups is 3. The number of primary amides is 1. The van der Waals surface area contributed by atoms with E-state index < -0.39 is 24.0 Å². The summed E-state index contributed by atoms with van der Waals surface area (Å²) >= 11 is 0. The number of likely N-dealkylation sites (tertiary alicyclic amines) is 1. The first-order valence-electron chi connectivity index (χ1n) is 13.3. The summed E-state index contributed by atoms with van der Waals surface area (Å²) in [4.78, 5) is 37.8. The highest BCUT2D eigenvalue weighted by Gasteiger charge is 2.40. The number of ether oxygens (including phenoxy) is 1. The van der Waals surface area contributed by atoms with Crippen molar-refractivity contribution < 1.29 is 27.9 Å². The van der Waals surface area contributed by atoms with Crippen LogP contribution in [0.3, 0.4) is 0 Å². The van der Waals surface area contributed by atoms with Crippen molar-refractivity contribution in [1.82, 2.24) is 10.2 Å². The number of nitrogens with zero attached hydrogens (tertiary/aromatic N) is 1. The summed E-state index contributed by atoms with van der Waals surface area (Å²) < 4.78 is 26.6. The van der Waals surface area contributed by atoms with Crippen LogP contribution in [0.25, 0.3) is 27.9 Å². The minimum Gasteiger partial charge on any atom is -0.485 e. The monoisotopic (exact) mass is 545 g/mol. The SMILES string of the molecule is CC(=O)NCC(=O)N1CC(OC2=c3oc4ccc(C)cc4c3=C(C)CCC(c3ccc(F)cc3)=C2)CC1C(N)=O. The Labute approximate surface area is 231 Å². The molecule has 1 aromatic heterocycles. The van der Waals surface area contributed by atoms with E-state index in [0.717, 1.165) is 44.9 Å². The van der Waals surface area contributed by atoms with Gasteiger partial charge in [0.2, 0.25) is 17.7 Å². The van der Waals surface area contributed by atoms with Gasteiger partial charge in [-0.25, -0.2) is 4.39 Å². The topological polar surface area (TPSA) is 115 Å². The molecule has 1 aliphatic carbocycles. The number of nitrogens with two attached hydrogens (primary N) is 1. The number of aryl methyl sites for hydroxylation is 1. The molecule has 3 N–H and O–H groups in total. The van der Waals surface area contributed by atoms with Crippen molar-refractivity contribution in [2.75, 3.05) is 13.1 Å². The fraction of sp³-hybridized carbons (Fsp3) is 0.323. The summed E-state index contributed by atoms with van der Waals surface area (Å²) in [6, 6.07) is 11.5. The van der Waals surface area contributed by atoms with Crippen LogP contribution < -0.4 is 21.7 Å². The van der Waals surface area contributed by atoms with Crippen LogP contribution in [0.5, 0.6) is 0 Å². The van der Waals surface area contributed by atoms with Gasteiger partial charge in [-0.05, 0) is 68.2 Å². The van der Waals surface area contributed by atoms with Gasteiger partial charge in [0, 0.05) is 23.9 Å². The Balaban J connectivity index is 1.61. The maximum Gasteiger partial charge on any atom is 0.242 e. The Morgan fingerprint density at radius 2 is 1.88 bits per heavy atom. The van der Waals surface area contributed by atoms with Crippen LogP contribution in [-0.4, -0.2) is 47.9 Å².